The second-order valence-electron chi connectivity index (χ2n) is 9.29. The Kier molecular flexibility index (Phi) is 6.87. The molecule has 0 radical (unpaired) electrons. The molecule has 1 aliphatic heterocycles. The Hall–Kier alpha value is -3.32. The molecule has 0 aliphatic carbocycles. The lowest BCUT2D eigenvalue weighted by molar-refractivity contribution is 0.212. The molecule has 0 spiro atoms. The quantitative estimate of drug-likeness (QED) is 0.242. The first-order valence-electron chi connectivity index (χ1n) is 12.7. The van der Waals surface area contributed by atoms with Gasteiger partial charge < -0.3 is 4.90 Å². The Balaban J connectivity index is 1.32. The summed E-state index contributed by atoms with van der Waals surface area (Å²) >= 11 is 7.98. The summed E-state index contributed by atoms with van der Waals surface area (Å²) < 4.78 is 0. The maximum atomic E-state index is 6.22. The van der Waals surface area contributed by atoms with Gasteiger partial charge in [-0.2, -0.15) is 0 Å². The van der Waals surface area contributed by atoms with E-state index in [0.29, 0.717) is 0 Å². The number of hydrogen-bond acceptors (Lipinski definition) is 6. The summed E-state index contributed by atoms with van der Waals surface area (Å²) in [5.74, 6) is 1.77. The SMILES string of the molecule is CCc1cc2c(N3CCN(C(c4ccccc4)c4ccc(Cl)cc4)CC3)nc(-c3cccnc3)nc2s1. The van der Waals surface area contributed by atoms with Crippen LogP contribution in [0.1, 0.15) is 29.0 Å². The van der Waals surface area contributed by atoms with Gasteiger partial charge in [0.05, 0.1) is 11.4 Å². The second-order valence-corrected chi connectivity index (χ2v) is 10.8. The number of anilines is 1. The number of aryl methyl sites for hydroxylation is 1. The van der Waals surface area contributed by atoms with Gasteiger partial charge in [-0.05, 0) is 47.9 Å². The molecule has 1 fully saturated rings. The zero-order chi connectivity index (χ0) is 25.2. The van der Waals surface area contributed by atoms with Gasteiger partial charge in [-0.1, -0.05) is 61.0 Å². The summed E-state index contributed by atoms with van der Waals surface area (Å²) in [5.41, 5.74) is 3.51. The monoisotopic (exact) mass is 525 g/mol. The lowest BCUT2D eigenvalue weighted by Crippen LogP contribution is -2.48. The molecule has 37 heavy (non-hydrogen) atoms. The van der Waals surface area contributed by atoms with E-state index in [-0.39, 0.29) is 6.04 Å². The van der Waals surface area contributed by atoms with Gasteiger partial charge in [-0.15, -0.1) is 11.3 Å². The summed E-state index contributed by atoms with van der Waals surface area (Å²) in [6, 6.07) is 25.5. The van der Waals surface area contributed by atoms with Gasteiger partial charge in [0.25, 0.3) is 0 Å². The van der Waals surface area contributed by atoms with E-state index >= 15 is 0 Å². The number of aromatic nitrogens is 3. The van der Waals surface area contributed by atoms with Gasteiger partial charge in [-0.3, -0.25) is 9.88 Å². The van der Waals surface area contributed by atoms with Crippen molar-refractivity contribution in [2.75, 3.05) is 31.1 Å². The van der Waals surface area contributed by atoms with Crippen LogP contribution in [0.4, 0.5) is 5.82 Å². The largest absolute Gasteiger partial charge is 0.353 e. The Morgan fingerprint density at radius 2 is 1.65 bits per heavy atom. The Labute approximate surface area is 226 Å². The van der Waals surface area contributed by atoms with Gasteiger partial charge >= 0.3 is 0 Å². The molecule has 0 N–H and O–H groups in total. The molecule has 186 valence electrons. The third-order valence-corrected chi connectivity index (χ3v) is 8.40. The van der Waals surface area contributed by atoms with Crippen LogP contribution in [0.5, 0.6) is 0 Å². The van der Waals surface area contributed by atoms with Crippen LogP contribution in [0, 0.1) is 0 Å². The highest BCUT2D eigenvalue weighted by Gasteiger charge is 2.28. The summed E-state index contributed by atoms with van der Waals surface area (Å²) in [4.78, 5) is 21.7. The molecule has 5 nitrogen and oxygen atoms in total. The van der Waals surface area contributed by atoms with E-state index in [1.807, 2.05) is 30.5 Å². The minimum atomic E-state index is 0.185. The van der Waals surface area contributed by atoms with Crippen LogP contribution in [0.25, 0.3) is 21.6 Å². The maximum Gasteiger partial charge on any atom is 0.164 e. The van der Waals surface area contributed by atoms with Crippen molar-refractivity contribution in [1.82, 2.24) is 19.9 Å². The van der Waals surface area contributed by atoms with E-state index in [4.69, 9.17) is 21.6 Å². The van der Waals surface area contributed by atoms with E-state index in [1.54, 1.807) is 17.5 Å². The van der Waals surface area contributed by atoms with Crippen molar-refractivity contribution in [3.8, 4) is 11.4 Å². The van der Waals surface area contributed by atoms with Crippen LogP contribution in [-0.2, 0) is 6.42 Å². The number of nitrogens with zero attached hydrogens (tertiary/aromatic N) is 5. The molecule has 7 heteroatoms. The van der Waals surface area contributed by atoms with Crippen LogP contribution in [0.2, 0.25) is 5.02 Å². The molecular formula is C30H28ClN5S. The Morgan fingerprint density at radius 1 is 0.892 bits per heavy atom. The average molecular weight is 526 g/mol. The minimum Gasteiger partial charge on any atom is -0.353 e. The number of rotatable bonds is 6. The van der Waals surface area contributed by atoms with E-state index in [2.05, 4.69) is 70.2 Å². The predicted molar refractivity (Wildman–Crippen MR) is 154 cm³/mol. The number of hydrogen-bond donors (Lipinski definition) is 0. The number of thiophene rings is 1. The Morgan fingerprint density at radius 3 is 2.35 bits per heavy atom. The predicted octanol–water partition coefficient (Wildman–Crippen LogP) is 6.88. The highest BCUT2D eigenvalue weighted by Crippen LogP contribution is 2.35. The van der Waals surface area contributed by atoms with E-state index in [1.165, 1.54) is 16.0 Å². The maximum absolute atomic E-state index is 6.22. The van der Waals surface area contributed by atoms with Gasteiger partial charge in [0, 0.05) is 54.0 Å². The molecule has 0 amide bonds. The topological polar surface area (TPSA) is 45.2 Å². The molecular weight excluding hydrogens is 498 g/mol. The molecule has 4 heterocycles. The highest BCUT2D eigenvalue weighted by molar-refractivity contribution is 7.18. The molecule has 1 unspecified atom stereocenters. The van der Waals surface area contributed by atoms with Crippen molar-refractivity contribution < 1.29 is 0 Å². The van der Waals surface area contributed by atoms with Crippen LogP contribution in [0.15, 0.2) is 85.2 Å². The molecule has 1 aliphatic rings. The molecule has 1 saturated heterocycles. The molecule has 3 aromatic heterocycles. The summed E-state index contributed by atoms with van der Waals surface area (Å²) in [7, 11) is 0. The first-order valence-corrected chi connectivity index (χ1v) is 13.9. The van der Waals surface area contributed by atoms with Crippen LogP contribution < -0.4 is 4.90 Å². The zero-order valence-corrected chi connectivity index (χ0v) is 22.3. The van der Waals surface area contributed by atoms with Crippen molar-refractivity contribution in [2.24, 2.45) is 0 Å². The van der Waals surface area contributed by atoms with Crippen LogP contribution in [-0.4, -0.2) is 46.0 Å². The number of piperazine rings is 1. The lowest BCUT2D eigenvalue weighted by atomic mass is 9.96. The van der Waals surface area contributed by atoms with Gasteiger partial charge in [0.2, 0.25) is 0 Å². The first kappa shape index (κ1) is 24.0. The third kappa shape index (κ3) is 4.97. The lowest BCUT2D eigenvalue weighted by Gasteiger charge is -2.40. The van der Waals surface area contributed by atoms with E-state index in [0.717, 1.165) is 65.0 Å². The normalized spacial score (nSPS) is 15.2. The molecule has 1 atom stereocenters. The highest BCUT2D eigenvalue weighted by atomic mass is 35.5. The fourth-order valence-corrected chi connectivity index (χ4v) is 6.17. The van der Waals surface area contributed by atoms with Gasteiger partial charge in [0.15, 0.2) is 5.82 Å². The fourth-order valence-electron chi connectivity index (χ4n) is 5.08. The smallest absolute Gasteiger partial charge is 0.164 e. The molecule has 2 aromatic carbocycles. The van der Waals surface area contributed by atoms with Crippen molar-refractivity contribution in [1.29, 1.82) is 0 Å². The van der Waals surface area contributed by atoms with Crippen molar-refractivity contribution in [3.63, 3.8) is 0 Å². The van der Waals surface area contributed by atoms with Gasteiger partial charge in [0.1, 0.15) is 10.6 Å². The van der Waals surface area contributed by atoms with Crippen molar-refractivity contribution in [2.45, 2.75) is 19.4 Å². The first-order chi connectivity index (χ1) is 18.2. The number of pyridine rings is 1. The standard InChI is InChI=1S/C30H28ClN5S/c1-2-25-19-26-29(33-28(34-30(26)37-25)23-9-6-14-32-20-23)36-17-15-35(16-18-36)27(21-7-4-3-5-8-21)22-10-12-24(31)13-11-22/h3-14,19-20,27H,2,15-18H2,1H3. The van der Waals surface area contributed by atoms with Crippen molar-refractivity contribution >= 4 is 39.0 Å². The third-order valence-electron chi connectivity index (χ3n) is 6.97. The van der Waals surface area contributed by atoms with Crippen LogP contribution in [0.3, 0.4) is 0 Å². The molecule has 0 bridgehead atoms. The fraction of sp³-hybridized carbons (Fsp3) is 0.233. The Bertz CT molecular complexity index is 1480. The van der Waals surface area contributed by atoms with Gasteiger partial charge in [-0.25, -0.2) is 9.97 Å². The van der Waals surface area contributed by atoms with Crippen LogP contribution >= 0.6 is 22.9 Å². The summed E-state index contributed by atoms with van der Waals surface area (Å²) in [6.45, 7) is 5.85. The molecule has 0 saturated carbocycles. The summed E-state index contributed by atoms with van der Waals surface area (Å²) in [5, 5.41) is 1.92. The second kappa shape index (κ2) is 10.6. The molecule has 5 aromatic rings. The zero-order valence-electron chi connectivity index (χ0n) is 20.7. The molecule has 6 rings (SSSR count). The minimum absolute atomic E-state index is 0.185. The van der Waals surface area contributed by atoms with Crippen molar-refractivity contribution in [3.05, 3.63) is 106 Å². The van der Waals surface area contributed by atoms with E-state index < -0.39 is 0 Å². The average Bonchev–Trinajstić information content (AvgIpc) is 3.39. The number of benzene rings is 2. The van der Waals surface area contributed by atoms with E-state index in [9.17, 15) is 0 Å². The number of fused-ring (bicyclic) bond motifs is 1. The summed E-state index contributed by atoms with van der Waals surface area (Å²) in [6.07, 6.45) is 4.62. The number of halogens is 1.